The molecule has 1 aliphatic rings. The minimum absolute atomic E-state index is 0.0433. The van der Waals surface area contributed by atoms with E-state index >= 15 is 0 Å². The van der Waals surface area contributed by atoms with Gasteiger partial charge < -0.3 is 10.0 Å². The van der Waals surface area contributed by atoms with Gasteiger partial charge in [-0.3, -0.25) is 4.79 Å². The first-order valence-corrected chi connectivity index (χ1v) is 6.49. The summed E-state index contributed by atoms with van der Waals surface area (Å²) in [6.45, 7) is 2.67. The molecular weight excluding hydrogens is 303 g/mol. The van der Waals surface area contributed by atoms with Crippen molar-refractivity contribution in [2.75, 3.05) is 6.54 Å². The summed E-state index contributed by atoms with van der Waals surface area (Å²) in [4.78, 5) is 31.3. The number of hydrogen-bond acceptors (Lipinski definition) is 4. The Balaban J connectivity index is 2.25. The number of hydrogen-bond donors (Lipinski definition) is 1. The lowest BCUT2D eigenvalue weighted by atomic mass is 9.88. The highest BCUT2D eigenvalue weighted by atomic mass is 19.4. The van der Waals surface area contributed by atoms with Gasteiger partial charge in [-0.25, -0.2) is 14.8 Å². The Morgan fingerprint density at radius 3 is 2.23 bits per heavy atom. The van der Waals surface area contributed by atoms with E-state index in [1.807, 2.05) is 0 Å². The third-order valence-electron chi connectivity index (χ3n) is 3.92. The van der Waals surface area contributed by atoms with Gasteiger partial charge in [0.2, 0.25) is 0 Å². The molecule has 22 heavy (non-hydrogen) atoms. The lowest BCUT2D eigenvalue weighted by Crippen LogP contribution is -2.49. The van der Waals surface area contributed by atoms with Gasteiger partial charge in [-0.1, -0.05) is 0 Å². The average Bonchev–Trinajstić information content (AvgIpc) is 2.73. The normalized spacial score (nSPS) is 21.0. The van der Waals surface area contributed by atoms with Crippen LogP contribution in [0.2, 0.25) is 0 Å². The molecule has 1 N–H and O–H groups in total. The number of aromatic nitrogens is 2. The predicted molar refractivity (Wildman–Crippen MR) is 68.3 cm³/mol. The minimum Gasteiger partial charge on any atom is -0.476 e. The van der Waals surface area contributed by atoms with Gasteiger partial charge in [0.25, 0.3) is 5.91 Å². The molecule has 2 heterocycles. The second kappa shape index (κ2) is 5.22. The standard InChI is InChI=1S/C13H14F3N3O3/c1-12(2)9(13(14,15)16)3-4-19(12)10(20)7-5-18-8(6-17-7)11(21)22/h5-6,9H,3-4H2,1-2H3,(H,21,22). The number of aromatic carboxylic acids is 1. The molecule has 0 saturated carbocycles. The van der Waals surface area contributed by atoms with E-state index in [0.29, 0.717) is 0 Å². The molecule has 1 unspecified atom stereocenters. The average molecular weight is 317 g/mol. The Morgan fingerprint density at radius 2 is 1.82 bits per heavy atom. The van der Waals surface area contributed by atoms with Crippen LogP contribution < -0.4 is 0 Å². The molecule has 1 amide bonds. The van der Waals surface area contributed by atoms with E-state index in [9.17, 15) is 22.8 Å². The Kier molecular flexibility index (Phi) is 3.84. The molecule has 6 nitrogen and oxygen atoms in total. The molecule has 1 aromatic rings. The topological polar surface area (TPSA) is 83.4 Å². The lowest BCUT2D eigenvalue weighted by molar-refractivity contribution is -0.189. The Labute approximate surface area is 124 Å². The van der Waals surface area contributed by atoms with Crippen molar-refractivity contribution in [1.82, 2.24) is 14.9 Å². The first-order valence-electron chi connectivity index (χ1n) is 6.49. The largest absolute Gasteiger partial charge is 0.476 e. The molecule has 1 saturated heterocycles. The maximum atomic E-state index is 13.0. The van der Waals surface area contributed by atoms with Crippen LogP contribution in [0.3, 0.4) is 0 Å². The van der Waals surface area contributed by atoms with Gasteiger partial charge in [-0.15, -0.1) is 0 Å². The zero-order valence-corrected chi connectivity index (χ0v) is 11.9. The number of halogens is 3. The highest BCUT2D eigenvalue weighted by Gasteiger charge is 2.56. The second-order valence-corrected chi connectivity index (χ2v) is 5.59. The van der Waals surface area contributed by atoms with Crippen molar-refractivity contribution in [1.29, 1.82) is 0 Å². The van der Waals surface area contributed by atoms with E-state index < -0.39 is 29.5 Å². The third kappa shape index (κ3) is 2.75. The van der Waals surface area contributed by atoms with Gasteiger partial charge in [0.1, 0.15) is 5.69 Å². The molecule has 2 rings (SSSR count). The second-order valence-electron chi connectivity index (χ2n) is 5.59. The predicted octanol–water partition coefficient (Wildman–Crippen LogP) is 1.98. The highest BCUT2D eigenvalue weighted by molar-refractivity contribution is 5.93. The van der Waals surface area contributed by atoms with E-state index in [-0.39, 0.29) is 24.4 Å². The fourth-order valence-corrected chi connectivity index (χ4v) is 2.70. The summed E-state index contributed by atoms with van der Waals surface area (Å²) >= 11 is 0. The molecule has 0 radical (unpaired) electrons. The maximum absolute atomic E-state index is 13.0. The molecule has 120 valence electrons. The number of carbonyl (C=O) groups is 2. The SMILES string of the molecule is CC1(C)C(C(F)(F)F)CCN1C(=O)c1cnc(C(=O)O)cn1. The number of alkyl halides is 3. The first kappa shape index (κ1) is 16.2. The number of carbonyl (C=O) groups excluding carboxylic acids is 1. The zero-order valence-electron chi connectivity index (χ0n) is 11.9. The summed E-state index contributed by atoms with van der Waals surface area (Å²) in [7, 11) is 0. The van der Waals surface area contributed by atoms with Gasteiger partial charge in [-0.05, 0) is 20.3 Å². The molecular formula is C13H14F3N3O3. The first-order chi connectivity index (χ1) is 10.0. The van der Waals surface area contributed by atoms with Crippen molar-refractivity contribution in [3.63, 3.8) is 0 Å². The van der Waals surface area contributed by atoms with E-state index in [1.54, 1.807) is 0 Å². The third-order valence-corrected chi connectivity index (χ3v) is 3.92. The molecule has 0 aromatic carbocycles. The maximum Gasteiger partial charge on any atom is 0.394 e. The quantitative estimate of drug-likeness (QED) is 0.901. The molecule has 1 aliphatic heterocycles. The Bertz CT molecular complexity index is 599. The van der Waals surface area contributed by atoms with Crippen LogP contribution in [0.1, 0.15) is 41.2 Å². The van der Waals surface area contributed by atoms with Gasteiger partial charge in [-0.2, -0.15) is 13.2 Å². The van der Waals surface area contributed by atoms with Crippen LogP contribution in [0.25, 0.3) is 0 Å². The summed E-state index contributed by atoms with van der Waals surface area (Å²) in [5, 5.41) is 8.71. The van der Waals surface area contributed by atoms with Crippen molar-refractivity contribution in [3.05, 3.63) is 23.8 Å². The van der Waals surface area contributed by atoms with E-state index in [2.05, 4.69) is 9.97 Å². The summed E-state index contributed by atoms with van der Waals surface area (Å²) in [5.74, 6) is -3.61. The number of amides is 1. The van der Waals surface area contributed by atoms with Crippen molar-refractivity contribution >= 4 is 11.9 Å². The van der Waals surface area contributed by atoms with Gasteiger partial charge in [0.15, 0.2) is 5.69 Å². The van der Waals surface area contributed by atoms with E-state index in [4.69, 9.17) is 5.11 Å². The molecule has 9 heteroatoms. The Morgan fingerprint density at radius 1 is 1.27 bits per heavy atom. The molecule has 0 aliphatic carbocycles. The van der Waals surface area contributed by atoms with Crippen LogP contribution >= 0.6 is 0 Å². The zero-order chi connectivity index (χ0) is 16.7. The molecule has 0 bridgehead atoms. The van der Waals surface area contributed by atoms with E-state index in [1.165, 1.54) is 13.8 Å². The van der Waals surface area contributed by atoms with Gasteiger partial charge in [0, 0.05) is 12.1 Å². The van der Waals surface area contributed by atoms with Crippen LogP contribution in [0, 0.1) is 5.92 Å². The van der Waals surface area contributed by atoms with Crippen LogP contribution in [0.4, 0.5) is 13.2 Å². The number of rotatable bonds is 2. The van der Waals surface area contributed by atoms with Crippen molar-refractivity contribution < 1.29 is 27.9 Å². The molecule has 1 atom stereocenters. The van der Waals surface area contributed by atoms with Crippen LogP contribution in [-0.4, -0.2) is 50.1 Å². The van der Waals surface area contributed by atoms with Gasteiger partial charge >= 0.3 is 12.1 Å². The number of likely N-dealkylation sites (tertiary alicyclic amines) is 1. The monoisotopic (exact) mass is 317 g/mol. The Hall–Kier alpha value is -2.19. The van der Waals surface area contributed by atoms with Crippen molar-refractivity contribution in [2.24, 2.45) is 5.92 Å². The molecule has 1 fully saturated rings. The fourth-order valence-electron chi connectivity index (χ4n) is 2.70. The van der Waals surface area contributed by atoms with E-state index in [0.717, 1.165) is 17.3 Å². The smallest absolute Gasteiger partial charge is 0.394 e. The number of carboxylic acids is 1. The minimum atomic E-state index is -4.39. The molecule has 0 spiro atoms. The molecule has 1 aromatic heterocycles. The number of nitrogens with zero attached hydrogens (tertiary/aromatic N) is 3. The summed E-state index contributed by atoms with van der Waals surface area (Å²) in [6.07, 6.45) is -2.71. The number of carboxylic acid groups (broad SMARTS) is 1. The van der Waals surface area contributed by atoms with Crippen molar-refractivity contribution in [2.45, 2.75) is 32.0 Å². The van der Waals surface area contributed by atoms with Crippen molar-refractivity contribution in [3.8, 4) is 0 Å². The summed E-state index contributed by atoms with van der Waals surface area (Å²) in [5.41, 5.74) is -1.92. The fraction of sp³-hybridized carbons (Fsp3) is 0.538. The summed E-state index contributed by atoms with van der Waals surface area (Å²) in [6, 6.07) is 0. The van der Waals surface area contributed by atoms with Crippen LogP contribution in [-0.2, 0) is 0 Å². The van der Waals surface area contributed by atoms with Crippen LogP contribution in [0.15, 0.2) is 12.4 Å². The van der Waals surface area contributed by atoms with Crippen LogP contribution in [0.5, 0.6) is 0 Å². The highest BCUT2D eigenvalue weighted by Crippen LogP contribution is 2.45. The van der Waals surface area contributed by atoms with Gasteiger partial charge in [0.05, 0.1) is 18.3 Å². The lowest BCUT2D eigenvalue weighted by Gasteiger charge is -2.36. The summed E-state index contributed by atoms with van der Waals surface area (Å²) < 4.78 is 39.0.